The molecule has 0 spiro atoms. The van der Waals surface area contributed by atoms with Crippen molar-refractivity contribution in [1.82, 2.24) is 21.5 Å². The fourth-order valence-corrected chi connectivity index (χ4v) is 4.72. The number of hydrogen-bond acceptors (Lipinski definition) is 8. The van der Waals surface area contributed by atoms with E-state index in [0.29, 0.717) is 6.61 Å². The molecule has 8 heteroatoms. The molecule has 0 unspecified atom stereocenters. The van der Waals surface area contributed by atoms with Crippen LogP contribution in [0.25, 0.3) is 21.0 Å². The summed E-state index contributed by atoms with van der Waals surface area (Å²) in [5.74, 6) is 2.38. The summed E-state index contributed by atoms with van der Waals surface area (Å²) in [6.45, 7) is 0.545. The molecule has 0 fully saturated rings. The zero-order chi connectivity index (χ0) is 22.0. The summed E-state index contributed by atoms with van der Waals surface area (Å²) in [4.78, 5) is 4.94. The van der Waals surface area contributed by atoms with E-state index < -0.39 is 0 Å². The first-order chi connectivity index (χ1) is 16.3. The zero-order valence-electron chi connectivity index (χ0n) is 17.5. The maximum absolute atomic E-state index is 5.91. The molecule has 0 aliphatic carbocycles. The minimum absolute atomic E-state index is 0.545. The number of aromatic nitrogens is 1. The Morgan fingerprint density at radius 1 is 0.909 bits per heavy atom. The Morgan fingerprint density at radius 2 is 1.79 bits per heavy atom. The van der Waals surface area contributed by atoms with Gasteiger partial charge in [0.2, 0.25) is 0 Å². The number of fused-ring (bicyclic) bond motifs is 3. The quantitative estimate of drug-likeness (QED) is 0.289. The summed E-state index contributed by atoms with van der Waals surface area (Å²) in [6.07, 6.45) is 0. The fraction of sp³-hybridized carbons (Fsp3) is 0.0400. The first-order valence-electron chi connectivity index (χ1n) is 10.5. The van der Waals surface area contributed by atoms with Crippen LogP contribution < -0.4 is 26.5 Å². The van der Waals surface area contributed by atoms with Gasteiger partial charge in [0, 0.05) is 26.7 Å². The smallest absolute Gasteiger partial charge is 0.170 e. The van der Waals surface area contributed by atoms with Gasteiger partial charge in [-0.05, 0) is 47.3 Å². The molecule has 2 aromatic heterocycles. The maximum Gasteiger partial charge on any atom is 0.170 e. The third kappa shape index (κ3) is 3.93. The van der Waals surface area contributed by atoms with E-state index in [1.807, 2.05) is 54.6 Å². The molecule has 0 atom stereocenters. The second-order valence-corrected chi connectivity index (χ2v) is 8.52. The van der Waals surface area contributed by atoms with Gasteiger partial charge in [-0.15, -0.1) is 22.0 Å². The number of rotatable bonds is 6. The van der Waals surface area contributed by atoms with Crippen molar-refractivity contribution in [2.75, 3.05) is 5.32 Å². The molecule has 6 rings (SSSR count). The SMILES string of the molecule is c1ccc(COc2ccc(Nc3nc4cc(C5=NNNN5)ccc4c4sccc34)cc2)cc1. The number of pyridine rings is 1. The molecule has 0 amide bonds. The predicted octanol–water partition coefficient (Wildman–Crippen LogP) is 5.05. The summed E-state index contributed by atoms with van der Waals surface area (Å²) in [5, 5.41) is 12.0. The van der Waals surface area contributed by atoms with E-state index in [9.17, 15) is 0 Å². The van der Waals surface area contributed by atoms with Gasteiger partial charge in [-0.3, -0.25) is 5.43 Å². The topological polar surface area (TPSA) is 82.6 Å². The van der Waals surface area contributed by atoms with Crippen molar-refractivity contribution in [3.8, 4) is 5.75 Å². The van der Waals surface area contributed by atoms with E-state index in [1.54, 1.807) is 11.3 Å². The van der Waals surface area contributed by atoms with Gasteiger partial charge < -0.3 is 10.1 Å². The first kappa shape index (κ1) is 19.5. The molecule has 0 saturated heterocycles. The van der Waals surface area contributed by atoms with Crippen LogP contribution in [0, 0.1) is 0 Å². The Bertz CT molecular complexity index is 1460. The lowest BCUT2D eigenvalue weighted by Gasteiger charge is -2.11. The van der Waals surface area contributed by atoms with Gasteiger partial charge in [-0.1, -0.05) is 42.5 Å². The van der Waals surface area contributed by atoms with Crippen molar-refractivity contribution in [2.45, 2.75) is 6.61 Å². The Labute approximate surface area is 194 Å². The highest BCUT2D eigenvalue weighted by Crippen LogP contribution is 2.35. The molecule has 162 valence electrons. The number of nitrogens with zero attached hydrogens (tertiary/aromatic N) is 2. The van der Waals surface area contributed by atoms with E-state index in [1.165, 1.54) is 4.70 Å². The number of hydrazine groups is 2. The van der Waals surface area contributed by atoms with Crippen molar-refractivity contribution < 1.29 is 4.74 Å². The van der Waals surface area contributed by atoms with Gasteiger partial charge >= 0.3 is 0 Å². The average Bonchev–Trinajstić information content (AvgIpc) is 3.57. The third-order valence-corrected chi connectivity index (χ3v) is 6.39. The average molecular weight is 453 g/mol. The monoisotopic (exact) mass is 452 g/mol. The van der Waals surface area contributed by atoms with E-state index in [0.717, 1.165) is 50.5 Å². The number of benzene rings is 3. The van der Waals surface area contributed by atoms with Crippen molar-refractivity contribution in [3.05, 3.63) is 95.4 Å². The number of nitrogens with one attached hydrogen (secondary N) is 4. The van der Waals surface area contributed by atoms with Crippen LogP contribution in [-0.2, 0) is 6.61 Å². The number of amidine groups is 1. The van der Waals surface area contributed by atoms with Crippen LogP contribution >= 0.6 is 11.3 Å². The molecule has 5 aromatic rings. The summed E-state index contributed by atoms with van der Waals surface area (Å²) in [6, 6.07) is 26.4. The van der Waals surface area contributed by atoms with Crippen molar-refractivity contribution >= 4 is 49.7 Å². The van der Waals surface area contributed by atoms with Gasteiger partial charge in [0.05, 0.1) is 5.52 Å². The van der Waals surface area contributed by atoms with Crippen molar-refractivity contribution in [1.29, 1.82) is 0 Å². The minimum Gasteiger partial charge on any atom is -0.489 e. The molecular formula is C25H20N6OS. The van der Waals surface area contributed by atoms with E-state index in [4.69, 9.17) is 9.72 Å². The molecule has 1 aliphatic rings. The van der Waals surface area contributed by atoms with Gasteiger partial charge in [0.25, 0.3) is 0 Å². The second-order valence-electron chi connectivity index (χ2n) is 7.60. The van der Waals surface area contributed by atoms with Crippen molar-refractivity contribution in [3.63, 3.8) is 0 Å². The largest absolute Gasteiger partial charge is 0.489 e. The van der Waals surface area contributed by atoms with Crippen LogP contribution in [-0.4, -0.2) is 10.8 Å². The van der Waals surface area contributed by atoms with E-state index in [2.05, 4.69) is 56.6 Å². The lowest BCUT2D eigenvalue weighted by Crippen LogP contribution is -2.35. The summed E-state index contributed by atoms with van der Waals surface area (Å²) in [5.41, 5.74) is 12.4. The van der Waals surface area contributed by atoms with Gasteiger partial charge in [0.1, 0.15) is 18.2 Å². The Hall–Kier alpha value is -4.14. The molecule has 7 nitrogen and oxygen atoms in total. The number of anilines is 2. The lowest BCUT2D eigenvalue weighted by atomic mass is 10.1. The molecule has 0 saturated carbocycles. The highest BCUT2D eigenvalue weighted by molar-refractivity contribution is 7.18. The fourth-order valence-electron chi connectivity index (χ4n) is 3.79. The molecular weight excluding hydrogens is 432 g/mol. The van der Waals surface area contributed by atoms with Gasteiger partial charge in [-0.25, -0.2) is 10.5 Å². The number of thiophene rings is 1. The number of ether oxygens (including phenoxy) is 1. The highest BCUT2D eigenvalue weighted by atomic mass is 32.1. The van der Waals surface area contributed by atoms with Gasteiger partial charge in [0.15, 0.2) is 5.84 Å². The van der Waals surface area contributed by atoms with E-state index in [-0.39, 0.29) is 0 Å². The molecule has 4 N–H and O–H groups in total. The predicted molar refractivity (Wildman–Crippen MR) is 134 cm³/mol. The Kier molecular flexibility index (Phi) is 4.98. The second kappa shape index (κ2) is 8.42. The maximum atomic E-state index is 5.91. The van der Waals surface area contributed by atoms with Crippen LogP contribution in [0.1, 0.15) is 11.1 Å². The standard InChI is InChI=1S/C25H20N6OS/c1-2-4-16(5-3-1)15-32-19-9-7-18(8-10-19)26-25-21-12-13-33-23(21)20-11-6-17(14-22(20)27-25)24-28-30-31-29-24/h1-14,30-31H,15H2,(H,26,27)(H,28,29). The van der Waals surface area contributed by atoms with Gasteiger partial charge in [-0.2, -0.15) is 0 Å². The van der Waals surface area contributed by atoms with Crippen LogP contribution in [0.5, 0.6) is 5.75 Å². The van der Waals surface area contributed by atoms with Crippen LogP contribution in [0.15, 0.2) is 89.3 Å². The zero-order valence-corrected chi connectivity index (χ0v) is 18.3. The Balaban J connectivity index is 1.27. The van der Waals surface area contributed by atoms with Crippen LogP contribution in [0.3, 0.4) is 0 Å². The number of hydrazone groups is 1. The summed E-state index contributed by atoms with van der Waals surface area (Å²) < 4.78 is 7.11. The highest BCUT2D eigenvalue weighted by Gasteiger charge is 2.13. The van der Waals surface area contributed by atoms with Crippen molar-refractivity contribution in [2.24, 2.45) is 5.10 Å². The first-order valence-corrected chi connectivity index (χ1v) is 11.4. The molecule has 0 bridgehead atoms. The third-order valence-electron chi connectivity index (χ3n) is 5.44. The van der Waals surface area contributed by atoms with Crippen LogP contribution in [0.4, 0.5) is 11.5 Å². The normalized spacial score (nSPS) is 12.9. The number of hydrogen-bond donors (Lipinski definition) is 4. The molecule has 3 heterocycles. The molecule has 33 heavy (non-hydrogen) atoms. The summed E-state index contributed by atoms with van der Waals surface area (Å²) >= 11 is 1.72. The molecule has 0 radical (unpaired) electrons. The summed E-state index contributed by atoms with van der Waals surface area (Å²) in [7, 11) is 0. The Morgan fingerprint density at radius 3 is 2.61 bits per heavy atom. The van der Waals surface area contributed by atoms with E-state index >= 15 is 0 Å². The lowest BCUT2D eigenvalue weighted by molar-refractivity contribution is 0.306. The minimum atomic E-state index is 0.545. The van der Waals surface area contributed by atoms with Crippen LogP contribution in [0.2, 0.25) is 0 Å². The molecule has 1 aliphatic heterocycles. The molecule has 3 aromatic carbocycles.